The predicted octanol–water partition coefficient (Wildman–Crippen LogP) is 1.25. The number of aliphatic carboxylic acids is 1. The van der Waals surface area contributed by atoms with Crippen molar-refractivity contribution >= 4 is 29.4 Å². The third-order valence-electron chi connectivity index (χ3n) is 2.77. The molecule has 1 saturated heterocycles. The maximum atomic E-state index is 12.2. The third-order valence-corrected chi connectivity index (χ3v) is 4.23. The first-order chi connectivity index (χ1) is 9.13. The molecule has 0 radical (unpaired) electrons. The van der Waals surface area contributed by atoms with Gasteiger partial charge in [0.15, 0.2) is 0 Å². The van der Waals surface area contributed by atoms with E-state index < -0.39 is 18.0 Å². The van der Waals surface area contributed by atoms with E-state index in [1.165, 1.54) is 35.4 Å². The molecule has 1 fully saturated rings. The maximum Gasteiger partial charge on any atom is 0.327 e. The molecule has 8 heteroatoms. The van der Waals surface area contributed by atoms with E-state index in [1.54, 1.807) is 0 Å². The molecule has 0 bridgehead atoms. The Balaban J connectivity index is 2.13. The molecule has 1 aromatic rings. The maximum absolute atomic E-state index is 12.2. The molecule has 7 nitrogen and oxygen atoms in total. The van der Waals surface area contributed by atoms with Crippen LogP contribution in [0.3, 0.4) is 0 Å². The number of carboxylic acid groups (broad SMARTS) is 1. The van der Waals surface area contributed by atoms with Gasteiger partial charge in [0.1, 0.15) is 12.4 Å². The normalized spacial score (nSPS) is 22.3. The van der Waals surface area contributed by atoms with Crippen LogP contribution < -0.4 is 5.32 Å². The molecule has 102 valence electrons. The topological polar surface area (TPSA) is 95.4 Å². The average molecular weight is 282 g/mol. The van der Waals surface area contributed by atoms with Gasteiger partial charge in [-0.3, -0.25) is 4.90 Å². The van der Waals surface area contributed by atoms with Crippen molar-refractivity contribution in [3.05, 3.63) is 18.7 Å². The van der Waals surface area contributed by atoms with Crippen LogP contribution in [-0.4, -0.2) is 49.1 Å². The highest BCUT2D eigenvalue weighted by Crippen LogP contribution is 2.31. The van der Waals surface area contributed by atoms with E-state index in [1.807, 2.05) is 6.92 Å². The fourth-order valence-corrected chi connectivity index (χ4v) is 3.24. The van der Waals surface area contributed by atoms with Crippen molar-refractivity contribution in [3.8, 4) is 0 Å². The van der Waals surface area contributed by atoms with E-state index in [4.69, 9.17) is 5.11 Å². The van der Waals surface area contributed by atoms with Crippen molar-refractivity contribution in [2.45, 2.75) is 24.8 Å². The molecule has 0 spiro atoms. The summed E-state index contributed by atoms with van der Waals surface area (Å²) in [6, 6.07) is -1.22. The van der Waals surface area contributed by atoms with E-state index in [0.717, 1.165) is 0 Å². The lowest BCUT2D eigenvalue weighted by atomic mass is 10.3. The van der Waals surface area contributed by atoms with Crippen molar-refractivity contribution in [1.29, 1.82) is 0 Å². The molecule has 2 amide bonds. The van der Waals surface area contributed by atoms with Gasteiger partial charge in [0.2, 0.25) is 0 Å². The van der Waals surface area contributed by atoms with Crippen LogP contribution in [0.25, 0.3) is 0 Å². The second-order valence-electron chi connectivity index (χ2n) is 4.01. The number of carbonyl (C=O) groups is 2. The largest absolute Gasteiger partial charge is 0.480 e. The summed E-state index contributed by atoms with van der Waals surface area (Å²) >= 11 is 1.48. The van der Waals surface area contributed by atoms with Gasteiger partial charge in [-0.15, -0.1) is 11.8 Å². The van der Waals surface area contributed by atoms with Gasteiger partial charge in [0.05, 0.1) is 23.5 Å². The lowest BCUT2D eigenvalue weighted by molar-refractivity contribution is -0.141. The van der Waals surface area contributed by atoms with Gasteiger partial charge < -0.3 is 10.4 Å². The fraction of sp³-hybridized carbons (Fsp3) is 0.455. The summed E-state index contributed by atoms with van der Waals surface area (Å²) in [5.74, 6) is -0.574. The number of nitrogens with one attached hydrogen (secondary N) is 1. The zero-order chi connectivity index (χ0) is 13.8. The van der Waals surface area contributed by atoms with Crippen molar-refractivity contribution in [3.63, 3.8) is 0 Å². The molecule has 2 atom stereocenters. The standard InChI is InChI=1S/C11H14N4O3S/c1-2-9-15(8(5-19-9)10(16)17)11(18)14-7-3-12-6-13-4-7/h3-4,6,8-9H,2,5H2,1H3,(H,14,18)(H,16,17). The number of urea groups is 1. The molecular weight excluding hydrogens is 268 g/mol. The lowest BCUT2D eigenvalue weighted by Crippen LogP contribution is -2.47. The van der Waals surface area contributed by atoms with Crippen molar-refractivity contribution < 1.29 is 14.7 Å². The second kappa shape index (κ2) is 5.87. The molecule has 1 aliphatic heterocycles. The summed E-state index contributed by atoms with van der Waals surface area (Å²) in [6.45, 7) is 1.92. The zero-order valence-electron chi connectivity index (χ0n) is 10.3. The molecule has 2 unspecified atom stereocenters. The van der Waals surface area contributed by atoms with Crippen LogP contribution in [0.2, 0.25) is 0 Å². The fourth-order valence-electron chi connectivity index (χ4n) is 1.89. The van der Waals surface area contributed by atoms with E-state index in [2.05, 4.69) is 15.3 Å². The average Bonchev–Trinajstić information content (AvgIpc) is 2.83. The highest BCUT2D eigenvalue weighted by atomic mass is 32.2. The summed E-state index contributed by atoms with van der Waals surface area (Å²) in [6.07, 6.45) is 4.99. The molecular formula is C11H14N4O3S. The van der Waals surface area contributed by atoms with Gasteiger partial charge >= 0.3 is 12.0 Å². The number of carboxylic acids is 1. The SMILES string of the molecule is CCC1SCC(C(=O)O)N1C(=O)Nc1cncnc1. The van der Waals surface area contributed by atoms with Crippen LogP contribution in [0.4, 0.5) is 10.5 Å². The number of rotatable bonds is 3. The number of thioether (sulfide) groups is 1. The highest BCUT2D eigenvalue weighted by molar-refractivity contribution is 8.00. The Morgan fingerprint density at radius 1 is 1.53 bits per heavy atom. The molecule has 1 aliphatic rings. The van der Waals surface area contributed by atoms with Crippen LogP contribution in [0, 0.1) is 0 Å². The molecule has 19 heavy (non-hydrogen) atoms. The van der Waals surface area contributed by atoms with Gasteiger partial charge in [0, 0.05) is 5.75 Å². The van der Waals surface area contributed by atoms with E-state index in [0.29, 0.717) is 17.9 Å². The van der Waals surface area contributed by atoms with E-state index in [-0.39, 0.29) is 5.37 Å². The minimum absolute atomic E-state index is 0.120. The molecule has 2 heterocycles. The quantitative estimate of drug-likeness (QED) is 0.866. The Labute approximate surface area is 114 Å². The first-order valence-corrected chi connectivity index (χ1v) is 6.87. The van der Waals surface area contributed by atoms with Crippen LogP contribution in [-0.2, 0) is 4.79 Å². The first kappa shape index (κ1) is 13.6. The van der Waals surface area contributed by atoms with Crippen molar-refractivity contribution in [2.75, 3.05) is 11.1 Å². The summed E-state index contributed by atoms with van der Waals surface area (Å²) < 4.78 is 0. The summed E-state index contributed by atoms with van der Waals surface area (Å²) in [7, 11) is 0. The zero-order valence-corrected chi connectivity index (χ0v) is 11.1. The lowest BCUT2D eigenvalue weighted by Gasteiger charge is -2.26. The van der Waals surface area contributed by atoms with Crippen LogP contribution in [0.15, 0.2) is 18.7 Å². The number of hydrogen-bond donors (Lipinski definition) is 2. The number of amides is 2. The molecule has 2 N–H and O–H groups in total. The predicted molar refractivity (Wildman–Crippen MR) is 70.9 cm³/mol. The minimum atomic E-state index is -0.983. The van der Waals surface area contributed by atoms with Gasteiger partial charge in [-0.05, 0) is 6.42 Å². The van der Waals surface area contributed by atoms with Crippen LogP contribution in [0.1, 0.15) is 13.3 Å². The molecule has 2 rings (SSSR count). The van der Waals surface area contributed by atoms with Gasteiger partial charge in [-0.1, -0.05) is 6.92 Å². The van der Waals surface area contributed by atoms with Gasteiger partial charge in [-0.2, -0.15) is 0 Å². The Morgan fingerprint density at radius 3 is 2.79 bits per heavy atom. The Kier molecular flexibility index (Phi) is 4.20. The molecule has 0 saturated carbocycles. The summed E-state index contributed by atoms with van der Waals surface area (Å²) in [4.78, 5) is 32.3. The van der Waals surface area contributed by atoms with Gasteiger partial charge in [-0.25, -0.2) is 19.6 Å². The Hall–Kier alpha value is -1.83. The highest BCUT2D eigenvalue weighted by Gasteiger charge is 2.40. The van der Waals surface area contributed by atoms with E-state index >= 15 is 0 Å². The Bertz CT molecular complexity index is 470. The third kappa shape index (κ3) is 2.95. The number of aromatic nitrogens is 2. The van der Waals surface area contributed by atoms with Crippen LogP contribution in [0.5, 0.6) is 0 Å². The van der Waals surface area contributed by atoms with Gasteiger partial charge in [0.25, 0.3) is 0 Å². The van der Waals surface area contributed by atoms with E-state index in [9.17, 15) is 9.59 Å². The second-order valence-corrected chi connectivity index (χ2v) is 5.23. The molecule has 0 aliphatic carbocycles. The number of nitrogens with zero attached hydrogens (tertiary/aromatic N) is 3. The minimum Gasteiger partial charge on any atom is -0.480 e. The number of carbonyl (C=O) groups excluding carboxylic acids is 1. The van der Waals surface area contributed by atoms with Crippen molar-refractivity contribution in [2.24, 2.45) is 0 Å². The molecule has 1 aromatic heterocycles. The number of anilines is 1. The summed E-state index contributed by atoms with van der Waals surface area (Å²) in [5, 5.41) is 11.7. The first-order valence-electron chi connectivity index (χ1n) is 5.82. The monoisotopic (exact) mass is 282 g/mol. The van der Waals surface area contributed by atoms with Crippen LogP contribution >= 0.6 is 11.8 Å². The van der Waals surface area contributed by atoms with Crippen molar-refractivity contribution in [1.82, 2.24) is 14.9 Å². The Morgan fingerprint density at radius 2 is 2.21 bits per heavy atom. The number of hydrogen-bond acceptors (Lipinski definition) is 5. The summed E-state index contributed by atoms with van der Waals surface area (Å²) in [5.41, 5.74) is 0.448. The smallest absolute Gasteiger partial charge is 0.327 e. The molecule has 0 aromatic carbocycles.